The van der Waals surface area contributed by atoms with Crippen LogP contribution in [-0.4, -0.2) is 11.1 Å². The minimum atomic E-state index is -0.951. The number of hydrogen-bond acceptors (Lipinski definition) is 2. The Balaban J connectivity index is 2.69. The lowest BCUT2D eigenvalue weighted by Crippen LogP contribution is -1.99. The first-order chi connectivity index (χ1) is 7.61. The second-order valence-corrected chi connectivity index (χ2v) is 3.64. The molecule has 0 aliphatic carbocycles. The Hall–Kier alpha value is -2.03. The average molecular weight is 216 g/mol. The van der Waals surface area contributed by atoms with E-state index < -0.39 is 5.97 Å². The fourth-order valence-electron chi connectivity index (χ4n) is 1.89. The first kappa shape index (κ1) is 10.5. The van der Waals surface area contributed by atoms with E-state index in [1.54, 1.807) is 13.8 Å². The highest BCUT2D eigenvalue weighted by molar-refractivity contribution is 5.97. The van der Waals surface area contributed by atoms with E-state index in [1.165, 1.54) is 0 Å². The van der Waals surface area contributed by atoms with Gasteiger partial charge in [-0.15, -0.1) is 0 Å². The molecule has 1 heterocycles. The summed E-state index contributed by atoms with van der Waals surface area (Å²) in [5.74, 6) is 0.137. The molecule has 2 rings (SSSR count). The molecule has 3 nitrogen and oxygen atoms in total. The van der Waals surface area contributed by atoms with Crippen molar-refractivity contribution in [3.05, 3.63) is 47.4 Å². The minimum Gasteiger partial charge on any atom is -0.478 e. The molecule has 1 aromatic heterocycles. The normalized spacial score (nSPS) is 10.4. The number of rotatable bonds is 2. The number of carboxylic acid groups (broad SMARTS) is 1. The molecule has 0 saturated heterocycles. The Labute approximate surface area is 93.3 Å². The van der Waals surface area contributed by atoms with Crippen molar-refractivity contribution in [1.29, 1.82) is 0 Å². The van der Waals surface area contributed by atoms with Crippen LogP contribution in [0.4, 0.5) is 0 Å². The zero-order valence-corrected chi connectivity index (χ0v) is 9.15. The molecule has 0 aliphatic heterocycles. The van der Waals surface area contributed by atoms with Gasteiger partial charge in [-0.2, -0.15) is 0 Å². The van der Waals surface area contributed by atoms with Crippen LogP contribution in [0.25, 0.3) is 11.1 Å². The van der Waals surface area contributed by atoms with Crippen LogP contribution >= 0.6 is 0 Å². The molecule has 1 aromatic carbocycles. The van der Waals surface area contributed by atoms with Crippen LogP contribution in [0.1, 0.15) is 21.9 Å². The first-order valence-corrected chi connectivity index (χ1v) is 5.00. The van der Waals surface area contributed by atoms with Crippen molar-refractivity contribution < 1.29 is 14.3 Å². The average Bonchev–Trinajstić information content (AvgIpc) is 2.55. The highest BCUT2D eigenvalue weighted by Gasteiger charge is 2.21. The number of benzene rings is 1. The van der Waals surface area contributed by atoms with Crippen molar-refractivity contribution in [2.75, 3.05) is 0 Å². The lowest BCUT2D eigenvalue weighted by molar-refractivity contribution is 0.0696. The molecule has 16 heavy (non-hydrogen) atoms. The Morgan fingerprint density at radius 2 is 1.75 bits per heavy atom. The number of aromatic carboxylic acids is 1. The Bertz CT molecular complexity index is 524. The lowest BCUT2D eigenvalue weighted by Gasteiger charge is -2.00. The third-order valence-electron chi connectivity index (χ3n) is 2.54. The van der Waals surface area contributed by atoms with Gasteiger partial charge in [0, 0.05) is 5.56 Å². The standard InChI is InChI=1S/C13H12O3/c1-8-11(10-6-4-3-5-7-10)12(13(14)15)9(2)16-8/h3-7H,1-2H3,(H,14,15). The summed E-state index contributed by atoms with van der Waals surface area (Å²) in [6.45, 7) is 3.45. The fourth-order valence-corrected chi connectivity index (χ4v) is 1.89. The number of hydrogen-bond donors (Lipinski definition) is 1. The van der Waals surface area contributed by atoms with Gasteiger partial charge in [0.25, 0.3) is 0 Å². The van der Waals surface area contributed by atoms with E-state index in [9.17, 15) is 4.79 Å². The summed E-state index contributed by atoms with van der Waals surface area (Å²) in [7, 11) is 0. The molecular weight excluding hydrogens is 204 g/mol. The third-order valence-corrected chi connectivity index (χ3v) is 2.54. The summed E-state index contributed by atoms with van der Waals surface area (Å²) in [6.07, 6.45) is 0. The topological polar surface area (TPSA) is 50.4 Å². The molecule has 0 atom stereocenters. The molecule has 82 valence electrons. The quantitative estimate of drug-likeness (QED) is 0.838. The van der Waals surface area contributed by atoms with Crippen molar-refractivity contribution in [2.24, 2.45) is 0 Å². The maximum Gasteiger partial charge on any atom is 0.339 e. The molecule has 0 radical (unpaired) electrons. The van der Waals surface area contributed by atoms with Gasteiger partial charge < -0.3 is 9.52 Å². The van der Waals surface area contributed by atoms with Crippen molar-refractivity contribution in [3.63, 3.8) is 0 Å². The second-order valence-electron chi connectivity index (χ2n) is 3.64. The maximum absolute atomic E-state index is 11.2. The predicted molar refractivity (Wildman–Crippen MR) is 60.6 cm³/mol. The third kappa shape index (κ3) is 1.60. The van der Waals surface area contributed by atoms with Gasteiger partial charge in [-0.3, -0.25) is 0 Å². The monoisotopic (exact) mass is 216 g/mol. The molecule has 3 heteroatoms. The second kappa shape index (κ2) is 3.85. The Kier molecular flexibility index (Phi) is 2.52. The van der Waals surface area contributed by atoms with Gasteiger partial charge in [0.2, 0.25) is 0 Å². The molecule has 0 bridgehead atoms. The van der Waals surface area contributed by atoms with E-state index in [2.05, 4.69) is 0 Å². The van der Waals surface area contributed by atoms with Crippen LogP contribution in [0, 0.1) is 13.8 Å². The Morgan fingerprint density at radius 1 is 1.12 bits per heavy atom. The summed E-state index contributed by atoms with van der Waals surface area (Å²) in [5, 5.41) is 9.16. The predicted octanol–water partition coefficient (Wildman–Crippen LogP) is 3.26. The van der Waals surface area contributed by atoms with Crippen LogP contribution < -0.4 is 0 Å². The van der Waals surface area contributed by atoms with Crippen molar-refractivity contribution in [3.8, 4) is 11.1 Å². The fraction of sp³-hybridized carbons (Fsp3) is 0.154. The van der Waals surface area contributed by atoms with Crippen molar-refractivity contribution >= 4 is 5.97 Å². The van der Waals surface area contributed by atoms with Crippen molar-refractivity contribution in [1.82, 2.24) is 0 Å². The Morgan fingerprint density at radius 3 is 2.31 bits per heavy atom. The summed E-state index contributed by atoms with van der Waals surface area (Å²) < 4.78 is 5.38. The summed E-state index contributed by atoms with van der Waals surface area (Å²) in [6, 6.07) is 9.41. The van der Waals surface area contributed by atoms with Gasteiger partial charge >= 0.3 is 5.97 Å². The number of carbonyl (C=O) groups is 1. The van der Waals surface area contributed by atoms with Gasteiger partial charge in [-0.25, -0.2) is 4.79 Å². The number of furan rings is 1. The van der Waals surface area contributed by atoms with Crippen LogP contribution in [0.2, 0.25) is 0 Å². The zero-order valence-electron chi connectivity index (χ0n) is 9.15. The van der Waals surface area contributed by atoms with E-state index in [0.717, 1.165) is 5.56 Å². The molecule has 0 aliphatic rings. The SMILES string of the molecule is Cc1oc(C)c(-c2ccccc2)c1C(=O)O. The maximum atomic E-state index is 11.2. The summed E-state index contributed by atoms with van der Waals surface area (Å²) in [4.78, 5) is 11.2. The van der Waals surface area contributed by atoms with E-state index >= 15 is 0 Å². The highest BCUT2D eigenvalue weighted by atomic mass is 16.4. The lowest BCUT2D eigenvalue weighted by atomic mass is 10.0. The molecule has 0 amide bonds. The first-order valence-electron chi connectivity index (χ1n) is 5.00. The van der Waals surface area contributed by atoms with Crippen LogP contribution in [-0.2, 0) is 0 Å². The largest absolute Gasteiger partial charge is 0.478 e. The molecule has 0 spiro atoms. The number of aryl methyl sites for hydroxylation is 2. The van der Waals surface area contributed by atoms with Crippen molar-refractivity contribution in [2.45, 2.75) is 13.8 Å². The molecule has 0 unspecified atom stereocenters. The van der Waals surface area contributed by atoms with Gasteiger partial charge in [-0.05, 0) is 19.4 Å². The molecule has 0 fully saturated rings. The molecule has 0 saturated carbocycles. The van der Waals surface area contributed by atoms with Gasteiger partial charge in [0.15, 0.2) is 0 Å². The smallest absolute Gasteiger partial charge is 0.339 e. The highest BCUT2D eigenvalue weighted by Crippen LogP contribution is 2.31. The van der Waals surface area contributed by atoms with Gasteiger partial charge in [0.05, 0.1) is 0 Å². The van der Waals surface area contributed by atoms with Crippen LogP contribution in [0.3, 0.4) is 0 Å². The minimum absolute atomic E-state index is 0.253. The molecule has 2 aromatic rings. The van der Waals surface area contributed by atoms with E-state index in [-0.39, 0.29) is 5.56 Å². The van der Waals surface area contributed by atoms with E-state index in [0.29, 0.717) is 17.1 Å². The van der Waals surface area contributed by atoms with Crippen LogP contribution in [0.15, 0.2) is 34.7 Å². The van der Waals surface area contributed by atoms with Gasteiger partial charge in [0.1, 0.15) is 17.1 Å². The molecular formula is C13H12O3. The van der Waals surface area contributed by atoms with Gasteiger partial charge in [-0.1, -0.05) is 30.3 Å². The zero-order chi connectivity index (χ0) is 11.7. The molecule has 1 N–H and O–H groups in total. The number of carboxylic acids is 1. The summed E-state index contributed by atoms with van der Waals surface area (Å²) >= 11 is 0. The van der Waals surface area contributed by atoms with E-state index in [1.807, 2.05) is 30.3 Å². The van der Waals surface area contributed by atoms with E-state index in [4.69, 9.17) is 9.52 Å². The van der Waals surface area contributed by atoms with Crippen LogP contribution in [0.5, 0.6) is 0 Å². The summed E-state index contributed by atoms with van der Waals surface area (Å²) in [5.41, 5.74) is 1.79.